The zero-order chi connectivity index (χ0) is 28.9. The van der Waals surface area contributed by atoms with E-state index >= 15 is 0 Å². The highest BCUT2D eigenvalue weighted by molar-refractivity contribution is 6.02. The molecule has 9 heteroatoms. The smallest absolute Gasteiger partial charge is 0.337 e. The third-order valence-corrected chi connectivity index (χ3v) is 8.10. The molecule has 2 fully saturated rings. The topological polar surface area (TPSA) is 120 Å². The second kappa shape index (κ2) is 16.8. The first-order chi connectivity index (χ1) is 19.3. The summed E-state index contributed by atoms with van der Waals surface area (Å²) in [7, 11) is 0. The molecule has 3 atom stereocenters. The van der Waals surface area contributed by atoms with Crippen LogP contribution in [0.25, 0.3) is 0 Å². The van der Waals surface area contributed by atoms with Gasteiger partial charge in [-0.15, -0.1) is 0 Å². The number of nitrogens with two attached hydrogens (primary N) is 1. The van der Waals surface area contributed by atoms with Crippen LogP contribution in [0.3, 0.4) is 0 Å². The van der Waals surface area contributed by atoms with Crippen LogP contribution in [0.5, 0.6) is 0 Å². The molecular weight excluding hydrogens is 509 g/mol. The van der Waals surface area contributed by atoms with Crippen LogP contribution < -0.4 is 16.4 Å². The summed E-state index contributed by atoms with van der Waals surface area (Å²) in [6.07, 6.45) is 16.4. The number of carbonyl (C=O) groups excluding carboxylic acids is 1. The molecule has 1 heterocycles. The number of rotatable bonds is 19. The Morgan fingerprint density at radius 2 is 1.88 bits per heavy atom. The molecule has 40 heavy (non-hydrogen) atoms. The van der Waals surface area contributed by atoms with Crippen molar-refractivity contribution in [3.8, 4) is 0 Å². The van der Waals surface area contributed by atoms with Gasteiger partial charge in [0.1, 0.15) is 12.0 Å². The fourth-order valence-corrected chi connectivity index (χ4v) is 5.48. The first kappa shape index (κ1) is 32.2. The SMILES string of the molecule is CCCCCCC=NC(CCC(N)C(=O)Nc1cc(C2CC2)c(F)cc1C(=O)O)N1CNCC1CCCCCC. The predicted molar refractivity (Wildman–Crippen MR) is 159 cm³/mol. The maximum atomic E-state index is 14.4. The molecule has 1 aliphatic carbocycles. The van der Waals surface area contributed by atoms with Gasteiger partial charge in [-0.3, -0.25) is 14.7 Å². The normalized spacial score (nSPS) is 19.2. The summed E-state index contributed by atoms with van der Waals surface area (Å²) in [5.74, 6) is -2.21. The first-order valence-electron chi connectivity index (χ1n) is 15.5. The van der Waals surface area contributed by atoms with Crippen molar-refractivity contribution >= 4 is 23.8 Å². The van der Waals surface area contributed by atoms with Gasteiger partial charge in [-0.05, 0) is 68.6 Å². The van der Waals surface area contributed by atoms with E-state index in [-0.39, 0.29) is 23.3 Å². The van der Waals surface area contributed by atoms with Crippen LogP contribution in [0.2, 0.25) is 0 Å². The van der Waals surface area contributed by atoms with Crippen molar-refractivity contribution in [1.82, 2.24) is 10.2 Å². The summed E-state index contributed by atoms with van der Waals surface area (Å²) in [6.45, 7) is 6.13. The van der Waals surface area contributed by atoms with Crippen LogP contribution in [0.15, 0.2) is 17.1 Å². The number of nitrogens with one attached hydrogen (secondary N) is 2. The van der Waals surface area contributed by atoms with E-state index in [1.165, 1.54) is 51.0 Å². The van der Waals surface area contributed by atoms with Crippen molar-refractivity contribution in [2.75, 3.05) is 18.5 Å². The summed E-state index contributed by atoms with van der Waals surface area (Å²) >= 11 is 0. The van der Waals surface area contributed by atoms with Crippen LogP contribution in [0.1, 0.15) is 126 Å². The molecule has 1 saturated heterocycles. The molecule has 3 unspecified atom stereocenters. The molecular formula is C31H50FN5O3. The molecule has 1 aliphatic heterocycles. The largest absolute Gasteiger partial charge is 0.478 e. The van der Waals surface area contributed by atoms with Gasteiger partial charge in [0.2, 0.25) is 5.91 Å². The zero-order valence-corrected chi connectivity index (χ0v) is 24.5. The highest BCUT2D eigenvalue weighted by atomic mass is 19.1. The minimum Gasteiger partial charge on any atom is -0.478 e. The van der Waals surface area contributed by atoms with Crippen LogP contribution in [-0.2, 0) is 4.79 Å². The van der Waals surface area contributed by atoms with Gasteiger partial charge in [0.05, 0.1) is 24.0 Å². The molecule has 8 nitrogen and oxygen atoms in total. The number of unbranched alkanes of at least 4 members (excludes halogenated alkanes) is 7. The highest BCUT2D eigenvalue weighted by Crippen LogP contribution is 2.42. The van der Waals surface area contributed by atoms with E-state index < -0.39 is 23.7 Å². The molecule has 5 N–H and O–H groups in total. The van der Waals surface area contributed by atoms with Gasteiger partial charge in [0, 0.05) is 18.8 Å². The third kappa shape index (κ3) is 9.93. The summed E-state index contributed by atoms with van der Waals surface area (Å²) in [5, 5.41) is 15.8. The van der Waals surface area contributed by atoms with Gasteiger partial charge in [-0.1, -0.05) is 58.8 Å². The number of benzene rings is 1. The van der Waals surface area contributed by atoms with Crippen molar-refractivity contribution in [3.05, 3.63) is 29.1 Å². The van der Waals surface area contributed by atoms with E-state index in [1.54, 1.807) is 0 Å². The second-order valence-corrected chi connectivity index (χ2v) is 11.5. The van der Waals surface area contributed by atoms with E-state index in [9.17, 15) is 19.1 Å². The van der Waals surface area contributed by atoms with Crippen LogP contribution in [-0.4, -0.2) is 59.6 Å². The fourth-order valence-electron chi connectivity index (χ4n) is 5.48. The number of nitrogens with zero attached hydrogens (tertiary/aromatic N) is 2. The van der Waals surface area contributed by atoms with E-state index in [4.69, 9.17) is 10.7 Å². The van der Waals surface area contributed by atoms with E-state index in [0.717, 1.165) is 51.4 Å². The molecule has 0 aromatic heterocycles. The first-order valence-corrected chi connectivity index (χ1v) is 15.5. The third-order valence-electron chi connectivity index (χ3n) is 8.10. The van der Waals surface area contributed by atoms with Gasteiger partial charge in [0.15, 0.2) is 0 Å². The van der Waals surface area contributed by atoms with Gasteiger partial charge in [-0.2, -0.15) is 0 Å². The Hall–Kier alpha value is -2.36. The van der Waals surface area contributed by atoms with E-state index in [0.29, 0.717) is 24.4 Å². The lowest BCUT2D eigenvalue weighted by molar-refractivity contribution is -0.117. The zero-order valence-electron chi connectivity index (χ0n) is 24.5. The Morgan fingerprint density at radius 3 is 2.55 bits per heavy atom. The lowest BCUT2D eigenvalue weighted by atomic mass is 10.0. The molecule has 1 amide bonds. The standard InChI is InChI=1S/C31H50FN5O3/c1-3-5-7-9-11-17-35-29(37-21-34-20-23(37)12-10-8-6-4-2)16-15-27(33)30(38)36-28-19-24(22-13-14-22)26(32)18-25(28)31(39)40/h17-19,22-23,27,29,34H,3-16,20-21,33H2,1-2H3,(H,36,38)(H,39,40). The van der Waals surface area contributed by atoms with E-state index in [2.05, 4.69) is 29.4 Å². The molecule has 2 aliphatic rings. The summed E-state index contributed by atoms with van der Waals surface area (Å²) in [5.41, 5.74) is 6.61. The Labute approximate surface area is 239 Å². The van der Waals surface area contributed by atoms with Crippen LogP contribution in [0.4, 0.5) is 10.1 Å². The molecule has 1 aromatic rings. The number of halogens is 1. The number of carboxylic acids is 1. The highest BCUT2D eigenvalue weighted by Gasteiger charge is 2.31. The van der Waals surface area contributed by atoms with Gasteiger partial charge < -0.3 is 21.5 Å². The molecule has 0 bridgehead atoms. The minimum atomic E-state index is -1.29. The Morgan fingerprint density at radius 1 is 1.15 bits per heavy atom. The number of amides is 1. The Bertz CT molecular complexity index is 984. The average Bonchev–Trinajstić information content (AvgIpc) is 3.68. The number of hydrogen-bond donors (Lipinski definition) is 4. The summed E-state index contributed by atoms with van der Waals surface area (Å²) in [6, 6.07) is 2.04. The van der Waals surface area contributed by atoms with Crippen LogP contribution in [0, 0.1) is 5.82 Å². The van der Waals surface area contributed by atoms with Crippen molar-refractivity contribution in [1.29, 1.82) is 0 Å². The maximum Gasteiger partial charge on any atom is 0.337 e. The number of anilines is 1. The molecule has 224 valence electrons. The van der Waals surface area contributed by atoms with Crippen molar-refractivity contribution in [3.63, 3.8) is 0 Å². The van der Waals surface area contributed by atoms with E-state index in [1.807, 2.05) is 6.21 Å². The number of aliphatic imine (C=N–C) groups is 1. The average molecular weight is 560 g/mol. The van der Waals surface area contributed by atoms with Gasteiger partial charge >= 0.3 is 5.97 Å². The van der Waals surface area contributed by atoms with Crippen molar-refractivity contribution in [2.24, 2.45) is 10.7 Å². The van der Waals surface area contributed by atoms with Crippen LogP contribution >= 0.6 is 0 Å². The molecule has 3 rings (SSSR count). The fraction of sp³-hybridized carbons (Fsp3) is 0.710. The Kier molecular flexibility index (Phi) is 13.5. The lowest BCUT2D eigenvalue weighted by Crippen LogP contribution is -2.42. The minimum absolute atomic E-state index is 0.0712. The van der Waals surface area contributed by atoms with Gasteiger partial charge in [0.25, 0.3) is 0 Å². The molecule has 1 aromatic carbocycles. The number of hydrogen-bond acceptors (Lipinski definition) is 6. The monoisotopic (exact) mass is 559 g/mol. The van der Waals surface area contributed by atoms with Crippen molar-refractivity contribution in [2.45, 2.75) is 128 Å². The van der Waals surface area contributed by atoms with Crippen molar-refractivity contribution < 1.29 is 19.1 Å². The quantitative estimate of drug-likeness (QED) is 0.122. The maximum absolute atomic E-state index is 14.4. The summed E-state index contributed by atoms with van der Waals surface area (Å²) < 4.78 is 14.4. The molecule has 0 spiro atoms. The molecule has 1 saturated carbocycles. The predicted octanol–water partition coefficient (Wildman–Crippen LogP) is 6.02. The second-order valence-electron chi connectivity index (χ2n) is 11.5. The number of carbonyl (C=O) groups is 2. The molecule has 0 radical (unpaired) electrons. The lowest BCUT2D eigenvalue weighted by Gasteiger charge is -2.30. The van der Waals surface area contributed by atoms with Gasteiger partial charge in [-0.25, -0.2) is 9.18 Å². The number of carboxylic acid groups (broad SMARTS) is 1. The Balaban J connectivity index is 1.63. The summed E-state index contributed by atoms with van der Waals surface area (Å²) in [4.78, 5) is 32.1. The number of aromatic carboxylic acids is 1.